The molecule has 3 nitrogen and oxygen atoms in total. The number of nitrogens with two attached hydrogens (primary N) is 1. The number of hydrogen-bond donors (Lipinski definition) is 1. The van der Waals surface area contributed by atoms with Crippen molar-refractivity contribution in [2.75, 3.05) is 13.2 Å². The lowest BCUT2D eigenvalue weighted by molar-refractivity contribution is 0.152. The molecule has 0 heterocycles. The number of nitrogens with zero attached hydrogens (tertiary/aromatic N) is 1. The highest BCUT2D eigenvalue weighted by atomic mass is 79.9. The van der Waals surface area contributed by atoms with Crippen molar-refractivity contribution in [2.24, 2.45) is 17.6 Å². The van der Waals surface area contributed by atoms with E-state index in [1.54, 1.807) is 12.1 Å². The molecule has 0 spiro atoms. The SMILES string of the molecule is N#Cc1ccc(OCC2CCCCC2CN)c(Br)c1. The summed E-state index contributed by atoms with van der Waals surface area (Å²) in [5, 5.41) is 8.83. The standard InChI is InChI=1S/C15H19BrN2O/c16-14-7-11(8-17)5-6-15(14)19-10-13-4-2-1-3-12(13)9-18/h5-7,12-13H,1-4,9-10,18H2. The predicted molar refractivity (Wildman–Crippen MR) is 78.9 cm³/mol. The Bertz CT molecular complexity index is 470. The van der Waals surface area contributed by atoms with E-state index in [-0.39, 0.29) is 0 Å². The van der Waals surface area contributed by atoms with Crippen LogP contribution in [-0.2, 0) is 0 Å². The van der Waals surface area contributed by atoms with E-state index in [1.807, 2.05) is 6.07 Å². The maximum absolute atomic E-state index is 8.83. The first-order valence-electron chi connectivity index (χ1n) is 6.77. The number of benzene rings is 1. The van der Waals surface area contributed by atoms with Gasteiger partial charge in [0.25, 0.3) is 0 Å². The lowest BCUT2D eigenvalue weighted by Crippen LogP contribution is -2.30. The molecule has 2 atom stereocenters. The zero-order valence-electron chi connectivity index (χ0n) is 10.9. The Hall–Kier alpha value is -1.05. The summed E-state index contributed by atoms with van der Waals surface area (Å²) < 4.78 is 6.74. The Labute approximate surface area is 122 Å². The molecule has 1 aliphatic rings. The van der Waals surface area contributed by atoms with Crippen LogP contribution < -0.4 is 10.5 Å². The van der Waals surface area contributed by atoms with Gasteiger partial charge in [-0.2, -0.15) is 5.26 Å². The Morgan fingerprint density at radius 1 is 1.32 bits per heavy atom. The van der Waals surface area contributed by atoms with E-state index in [9.17, 15) is 0 Å². The maximum Gasteiger partial charge on any atom is 0.133 e. The summed E-state index contributed by atoms with van der Waals surface area (Å²) in [7, 11) is 0. The van der Waals surface area contributed by atoms with E-state index < -0.39 is 0 Å². The number of nitriles is 1. The van der Waals surface area contributed by atoms with Crippen LogP contribution in [0.3, 0.4) is 0 Å². The van der Waals surface area contributed by atoms with E-state index in [1.165, 1.54) is 25.7 Å². The highest BCUT2D eigenvalue weighted by Gasteiger charge is 2.24. The van der Waals surface area contributed by atoms with Gasteiger partial charge in [-0.1, -0.05) is 12.8 Å². The summed E-state index contributed by atoms with van der Waals surface area (Å²) in [5.41, 5.74) is 6.47. The smallest absolute Gasteiger partial charge is 0.133 e. The Morgan fingerprint density at radius 2 is 2.05 bits per heavy atom. The molecule has 1 fully saturated rings. The molecule has 0 amide bonds. The topological polar surface area (TPSA) is 59.0 Å². The second-order valence-corrected chi connectivity index (χ2v) is 5.96. The Balaban J connectivity index is 1.96. The van der Waals surface area contributed by atoms with Crippen LogP contribution in [0.4, 0.5) is 0 Å². The van der Waals surface area contributed by atoms with E-state index in [0.29, 0.717) is 24.0 Å². The minimum Gasteiger partial charge on any atom is -0.492 e. The molecular weight excluding hydrogens is 304 g/mol. The lowest BCUT2D eigenvalue weighted by Gasteiger charge is -2.30. The van der Waals surface area contributed by atoms with Gasteiger partial charge in [-0.05, 0) is 65.4 Å². The van der Waals surface area contributed by atoms with Gasteiger partial charge >= 0.3 is 0 Å². The molecule has 2 N–H and O–H groups in total. The van der Waals surface area contributed by atoms with Crippen LogP contribution >= 0.6 is 15.9 Å². The Kier molecular flexibility index (Phi) is 5.24. The molecule has 2 rings (SSSR count). The lowest BCUT2D eigenvalue weighted by atomic mass is 9.80. The van der Waals surface area contributed by atoms with Crippen molar-refractivity contribution in [1.29, 1.82) is 5.26 Å². The molecule has 2 unspecified atom stereocenters. The fraction of sp³-hybridized carbons (Fsp3) is 0.533. The molecule has 1 aliphatic carbocycles. The van der Waals surface area contributed by atoms with Crippen molar-refractivity contribution in [3.8, 4) is 11.8 Å². The normalized spacial score (nSPS) is 22.8. The number of halogens is 1. The molecule has 4 heteroatoms. The van der Waals surface area contributed by atoms with Crippen molar-refractivity contribution >= 4 is 15.9 Å². The summed E-state index contributed by atoms with van der Waals surface area (Å²) in [6.07, 6.45) is 4.99. The van der Waals surface area contributed by atoms with Crippen LogP contribution in [0.25, 0.3) is 0 Å². The van der Waals surface area contributed by atoms with Crippen LogP contribution in [0.15, 0.2) is 22.7 Å². The van der Waals surface area contributed by atoms with Gasteiger partial charge in [0.15, 0.2) is 0 Å². The number of ether oxygens (including phenoxy) is 1. The molecule has 0 bridgehead atoms. The van der Waals surface area contributed by atoms with E-state index >= 15 is 0 Å². The van der Waals surface area contributed by atoms with Crippen molar-refractivity contribution in [3.05, 3.63) is 28.2 Å². The summed E-state index contributed by atoms with van der Waals surface area (Å²) >= 11 is 3.44. The first-order valence-corrected chi connectivity index (χ1v) is 7.56. The average Bonchev–Trinajstić information content (AvgIpc) is 2.46. The third kappa shape index (κ3) is 3.71. The summed E-state index contributed by atoms with van der Waals surface area (Å²) in [5.74, 6) is 1.95. The fourth-order valence-electron chi connectivity index (χ4n) is 2.70. The zero-order chi connectivity index (χ0) is 13.7. The minimum atomic E-state index is 0.557. The first kappa shape index (κ1) is 14.4. The summed E-state index contributed by atoms with van der Waals surface area (Å²) in [6.45, 7) is 1.47. The molecular formula is C15H19BrN2O. The molecule has 1 saturated carbocycles. The van der Waals surface area contributed by atoms with Crippen molar-refractivity contribution in [1.82, 2.24) is 0 Å². The van der Waals surface area contributed by atoms with Gasteiger partial charge in [-0.3, -0.25) is 0 Å². The quantitative estimate of drug-likeness (QED) is 0.923. The van der Waals surface area contributed by atoms with Gasteiger partial charge in [0.05, 0.1) is 22.7 Å². The van der Waals surface area contributed by atoms with Gasteiger partial charge in [0.2, 0.25) is 0 Å². The van der Waals surface area contributed by atoms with Crippen LogP contribution in [-0.4, -0.2) is 13.2 Å². The molecule has 19 heavy (non-hydrogen) atoms. The van der Waals surface area contributed by atoms with Gasteiger partial charge < -0.3 is 10.5 Å². The van der Waals surface area contributed by atoms with Gasteiger partial charge in [-0.15, -0.1) is 0 Å². The van der Waals surface area contributed by atoms with E-state index in [4.69, 9.17) is 15.7 Å². The van der Waals surface area contributed by atoms with Crippen LogP contribution in [0.2, 0.25) is 0 Å². The summed E-state index contributed by atoms with van der Waals surface area (Å²) in [6, 6.07) is 7.53. The monoisotopic (exact) mass is 322 g/mol. The third-order valence-electron chi connectivity index (χ3n) is 3.88. The van der Waals surface area contributed by atoms with Crippen molar-refractivity contribution in [3.63, 3.8) is 0 Å². The Morgan fingerprint density at radius 3 is 2.68 bits per heavy atom. The molecule has 1 aromatic carbocycles. The second-order valence-electron chi connectivity index (χ2n) is 5.11. The van der Waals surface area contributed by atoms with Crippen LogP contribution in [0.5, 0.6) is 5.75 Å². The third-order valence-corrected chi connectivity index (χ3v) is 4.50. The molecule has 0 saturated heterocycles. The van der Waals surface area contributed by atoms with E-state index in [0.717, 1.165) is 16.8 Å². The highest BCUT2D eigenvalue weighted by Crippen LogP contribution is 2.31. The average molecular weight is 323 g/mol. The maximum atomic E-state index is 8.83. The fourth-order valence-corrected chi connectivity index (χ4v) is 3.19. The first-order chi connectivity index (χ1) is 9.24. The molecule has 0 aromatic heterocycles. The largest absolute Gasteiger partial charge is 0.492 e. The van der Waals surface area contributed by atoms with Gasteiger partial charge in [-0.25, -0.2) is 0 Å². The van der Waals surface area contributed by atoms with Crippen LogP contribution in [0.1, 0.15) is 31.2 Å². The molecule has 0 aliphatic heterocycles. The van der Waals surface area contributed by atoms with Crippen molar-refractivity contribution < 1.29 is 4.74 Å². The summed E-state index contributed by atoms with van der Waals surface area (Å²) in [4.78, 5) is 0. The highest BCUT2D eigenvalue weighted by molar-refractivity contribution is 9.10. The molecule has 1 aromatic rings. The number of rotatable bonds is 4. The van der Waals surface area contributed by atoms with E-state index in [2.05, 4.69) is 22.0 Å². The van der Waals surface area contributed by atoms with Crippen molar-refractivity contribution in [2.45, 2.75) is 25.7 Å². The van der Waals surface area contributed by atoms with Crippen LogP contribution in [0, 0.1) is 23.2 Å². The zero-order valence-corrected chi connectivity index (χ0v) is 12.5. The molecule has 0 radical (unpaired) electrons. The minimum absolute atomic E-state index is 0.557. The predicted octanol–water partition coefficient (Wildman–Crippen LogP) is 3.46. The van der Waals surface area contributed by atoms with Gasteiger partial charge in [0.1, 0.15) is 5.75 Å². The number of hydrogen-bond acceptors (Lipinski definition) is 3. The second kappa shape index (κ2) is 6.93. The molecule has 102 valence electrons. The van der Waals surface area contributed by atoms with Gasteiger partial charge in [0, 0.05) is 0 Å².